The molecule has 1 aliphatic heterocycles. The first-order valence-electron chi connectivity index (χ1n) is 7.02. The van der Waals surface area contributed by atoms with E-state index in [2.05, 4.69) is 24.1 Å². The van der Waals surface area contributed by atoms with Gasteiger partial charge < -0.3 is 14.5 Å². The molecule has 1 atom stereocenters. The highest BCUT2D eigenvalue weighted by molar-refractivity contribution is 6.30. The standard InChI is InChI=1S/C15H20ClN3O/c1-15(2)7-12(5-6-20-15)17-8-13-10-19-9-11(16)3-4-14(19)18-13/h3-4,9-10,12,17H,5-8H2,1-2H3. The number of hydrogen-bond acceptors (Lipinski definition) is 3. The smallest absolute Gasteiger partial charge is 0.137 e. The summed E-state index contributed by atoms with van der Waals surface area (Å²) in [5, 5.41) is 4.30. The van der Waals surface area contributed by atoms with Crippen molar-refractivity contribution >= 4 is 17.2 Å². The maximum absolute atomic E-state index is 5.98. The molecule has 1 N–H and O–H groups in total. The molecular formula is C15H20ClN3O. The average Bonchev–Trinajstić information content (AvgIpc) is 2.77. The Morgan fingerprint density at radius 3 is 3.10 bits per heavy atom. The number of ether oxygens (including phenoxy) is 1. The van der Waals surface area contributed by atoms with E-state index in [9.17, 15) is 0 Å². The molecule has 0 saturated carbocycles. The van der Waals surface area contributed by atoms with Gasteiger partial charge in [-0.25, -0.2) is 4.98 Å². The molecule has 0 aromatic carbocycles. The summed E-state index contributed by atoms with van der Waals surface area (Å²) < 4.78 is 7.70. The third-order valence-corrected chi connectivity index (χ3v) is 3.96. The van der Waals surface area contributed by atoms with Crippen molar-refractivity contribution in [1.82, 2.24) is 14.7 Å². The van der Waals surface area contributed by atoms with Gasteiger partial charge in [0.05, 0.1) is 16.3 Å². The molecule has 2 aromatic heterocycles. The third-order valence-electron chi connectivity index (χ3n) is 3.73. The molecule has 0 amide bonds. The topological polar surface area (TPSA) is 38.6 Å². The molecule has 0 radical (unpaired) electrons. The van der Waals surface area contributed by atoms with Crippen molar-refractivity contribution in [2.24, 2.45) is 0 Å². The Labute approximate surface area is 124 Å². The molecule has 3 rings (SSSR count). The summed E-state index contributed by atoms with van der Waals surface area (Å²) >= 11 is 5.98. The number of rotatable bonds is 3. The Kier molecular flexibility index (Phi) is 3.71. The van der Waals surface area contributed by atoms with Gasteiger partial charge in [0.15, 0.2) is 0 Å². The highest BCUT2D eigenvalue weighted by Crippen LogP contribution is 2.24. The summed E-state index contributed by atoms with van der Waals surface area (Å²) in [6.07, 6.45) is 6.00. The molecular weight excluding hydrogens is 274 g/mol. The Morgan fingerprint density at radius 1 is 1.45 bits per heavy atom. The van der Waals surface area contributed by atoms with Gasteiger partial charge in [0.25, 0.3) is 0 Å². The van der Waals surface area contributed by atoms with Crippen LogP contribution in [0.1, 0.15) is 32.4 Å². The third kappa shape index (κ3) is 3.14. The fourth-order valence-electron chi connectivity index (χ4n) is 2.76. The van der Waals surface area contributed by atoms with E-state index < -0.39 is 0 Å². The number of hydrogen-bond donors (Lipinski definition) is 1. The van der Waals surface area contributed by atoms with Crippen LogP contribution in [0.15, 0.2) is 24.5 Å². The molecule has 0 spiro atoms. The highest BCUT2D eigenvalue weighted by atomic mass is 35.5. The number of imidazole rings is 1. The highest BCUT2D eigenvalue weighted by Gasteiger charge is 2.28. The largest absolute Gasteiger partial charge is 0.375 e. The van der Waals surface area contributed by atoms with Gasteiger partial charge in [0.2, 0.25) is 0 Å². The maximum Gasteiger partial charge on any atom is 0.137 e. The molecule has 1 unspecified atom stereocenters. The second kappa shape index (κ2) is 5.35. The normalized spacial score (nSPS) is 22.2. The monoisotopic (exact) mass is 293 g/mol. The Bertz CT molecular complexity index is 608. The molecule has 2 aromatic rings. The zero-order valence-electron chi connectivity index (χ0n) is 11.9. The van der Waals surface area contributed by atoms with Crippen molar-refractivity contribution in [2.45, 2.75) is 44.9 Å². The lowest BCUT2D eigenvalue weighted by Gasteiger charge is -2.35. The van der Waals surface area contributed by atoms with Gasteiger partial charge in [-0.3, -0.25) is 0 Å². The first-order chi connectivity index (χ1) is 9.52. The summed E-state index contributed by atoms with van der Waals surface area (Å²) in [4.78, 5) is 4.59. The number of pyridine rings is 1. The predicted molar refractivity (Wildman–Crippen MR) is 80.1 cm³/mol. The quantitative estimate of drug-likeness (QED) is 0.945. The first kappa shape index (κ1) is 13.9. The number of fused-ring (bicyclic) bond motifs is 1. The second-order valence-electron chi connectivity index (χ2n) is 6.02. The molecule has 20 heavy (non-hydrogen) atoms. The molecule has 1 saturated heterocycles. The van der Waals surface area contributed by atoms with Gasteiger partial charge in [0, 0.05) is 31.6 Å². The van der Waals surface area contributed by atoms with Crippen molar-refractivity contribution in [3.05, 3.63) is 35.2 Å². The van der Waals surface area contributed by atoms with E-state index in [1.54, 1.807) is 0 Å². The van der Waals surface area contributed by atoms with Gasteiger partial charge in [-0.1, -0.05) is 11.6 Å². The molecule has 1 aliphatic rings. The summed E-state index contributed by atoms with van der Waals surface area (Å²) in [5.74, 6) is 0. The van der Waals surface area contributed by atoms with Crippen molar-refractivity contribution in [2.75, 3.05) is 6.61 Å². The Balaban J connectivity index is 1.65. The Morgan fingerprint density at radius 2 is 2.30 bits per heavy atom. The van der Waals surface area contributed by atoms with Crippen LogP contribution in [0, 0.1) is 0 Å². The van der Waals surface area contributed by atoms with Gasteiger partial charge >= 0.3 is 0 Å². The number of halogens is 1. The van der Waals surface area contributed by atoms with Crippen LogP contribution in [-0.2, 0) is 11.3 Å². The minimum Gasteiger partial charge on any atom is -0.375 e. The zero-order chi connectivity index (χ0) is 14.2. The van der Waals surface area contributed by atoms with Crippen LogP contribution >= 0.6 is 11.6 Å². The predicted octanol–water partition coefficient (Wildman–Crippen LogP) is 3.03. The fraction of sp³-hybridized carbons (Fsp3) is 0.533. The van der Waals surface area contributed by atoms with Gasteiger partial charge in [0.1, 0.15) is 5.65 Å². The lowest BCUT2D eigenvalue weighted by molar-refractivity contribution is -0.0631. The average molecular weight is 294 g/mol. The van der Waals surface area contributed by atoms with Crippen molar-refractivity contribution < 1.29 is 4.74 Å². The van der Waals surface area contributed by atoms with E-state index in [0.29, 0.717) is 6.04 Å². The molecule has 3 heterocycles. The van der Waals surface area contributed by atoms with E-state index in [0.717, 1.165) is 42.4 Å². The molecule has 5 heteroatoms. The van der Waals surface area contributed by atoms with Crippen molar-refractivity contribution in [3.8, 4) is 0 Å². The van der Waals surface area contributed by atoms with Crippen LogP contribution in [-0.4, -0.2) is 27.6 Å². The lowest BCUT2D eigenvalue weighted by Crippen LogP contribution is -2.43. The van der Waals surface area contributed by atoms with Crippen LogP contribution < -0.4 is 5.32 Å². The molecule has 0 bridgehead atoms. The SMILES string of the molecule is CC1(C)CC(NCc2cn3cc(Cl)ccc3n2)CCO1. The first-order valence-corrected chi connectivity index (χ1v) is 7.40. The molecule has 108 valence electrons. The summed E-state index contributed by atoms with van der Waals surface area (Å²) in [7, 11) is 0. The van der Waals surface area contributed by atoms with Crippen molar-refractivity contribution in [1.29, 1.82) is 0 Å². The van der Waals surface area contributed by atoms with Crippen LogP contribution in [0.2, 0.25) is 5.02 Å². The second-order valence-corrected chi connectivity index (χ2v) is 6.46. The minimum atomic E-state index is -0.0254. The number of nitrogens with one attached hydrogen (secondary N) is 1. The van der Waals surface area contributed by atoms with Crippen LogP contribution in [0.4, 0.5) is 0 Å². The molecule has 4 nitrogen and oxygen atoms in total. The summed E-state index contributed by atoms with van der Waals surface area (Å²) in [6, 6.07) is 4.29. The Hall–Kier alpha value is -1.10. The van der Waals surface area contributed by atoms with Crippen LogP contribution in [0.3, 0.4) is 0 Å². The van der Waals surface area contributed by atoms with E-state index in [1.165, 1.54) is 0 Å². The fourth-order valence-corrected chi connectivity index (χ4v) is 2.93. The minimum absolute atomic E-state index is 0.0254. The lowest BCUT2D eigenvalue weighted by atomic mass is 9.94. The zero-order valence-corrected chi connectivity index (χ0v) is 12.7. The van der Waals surface area contributed by atoms with Gasteiger partial charge in [-0.2, -0.15) is 0 Å². The van der Waals surface area contributed by atoms with E-state index in [1.807, 2.05) is 28.9 Å². The molecule has 0 aliphatic carbocycles. The van der Waals surface area contributed by atoms with E-state index >= 15 is 0 Å². The number of nitrogens with zero attached hydrogens (tertiary/aromatic N) is 2. The van der Waals surface area contributed by atoms with E-state index in [4.69, 9.17) is 16.3 Å². The summed E-state index contributed by atoms with van der Waals surface area (Å²) in [5.41, 5.74) is 1.94. The van der Waals surface area contributed by atoms with Gasteiger partial charge in [-0.05, 0) is 38.8 Å². The van der Waals surface area contributed by atoms with E-state index in [-0.39, 0.29) is 5.60 Å². The van der Waals surface area contributed by atoms with Crippen LogP contribution in [0.5, 0.6) is 0 Å². The van der Waals surface area contributed by atoms with Crippen LogP contribution in [0.25, 0.3) is 5.65 Å². The number of aromatic nitrogens is 2. The summed E-state index contributed by atoms with van der Waals surface area (Å²) in [6.45, 7) is 5.90. The van der Waals surface area contributed by atoms with Crippen molar-refractivity contribution in [3.63, 3.8) is 0 Å². The van der Waals surface area contributed by atoms with Gasteiger partial charge in [-0.15, -0.1) is 0 Å². The molecule has 1 fully saturated rings. The maximum atomic E-state index is 5.98.